The van der Waals surface area contributed by atoms with Crippen LogP contribution in [0.3, 0.4) is 0 Å². The number of hydrogen-bond acceptors (Lipinski definition) is 6. The van der Waals surface area contributed by atoms with Gasteiger partial charge in [0.1, 0.15) is 5.72 Å². The predicted octanol–water partition coefficient (Wildman–Crippen LogP) is -0.290. The van der Waals surface area contributed by atoms with Crippen LogP contribution in [-0.2, 0) is 6.54 Å². The summed E-state index contributed by atoms with van der Waals surface area (Å²) in [4.78, 5) is 13.3. The molecule has 14 heavy (non-hydrogen) atoms. The molecule has 2 heterocycles. The van der Waals surface area contributed by atoms with Crippen molar-refractivity contribution in [2.45, 2.75) is 25.6 Å². The molecule has 1 aliphatic heterocycles. The number of nitro groups is 1. The second-order valence-electron chi connectivity index (χ2n) is 3.36. The summed E-state index contributed by atoms with van der Waals surface area (Å²) in [5.74, 6) is -0.224. The Morgan fingerprint density at radius 2 is 2.50 bits per heavy atom. The van der Waals surface area contributed by atoms with Gasteiger partial charge < -0.3 is 20.5 Å². The van der Waals surface area contributed by atoms with Gasteiger partial charge in [-0.15, -0.1) is 0 Å². The molecular formula is C6H9N5O3. The van der Waals surface area contributed by atoms with E-state index in [1.165, 1.54) is 4.68 Å². The number of fused-ring (bicyclic) bond motifs is 1. The normalized spacial score (nSPS) is 25.3. The number of rotatable bonds is 1. The molecule has 0 saturated carbocycles. The number of aryl methyl sites for hydroxylation is 1. The first kappa shape index (κ1) is 8.88. The highest BCUT2D eigenvalue weighted by atomic mass is 16.6. The van der Waals surface area contributed by atoms with Crippen LogP contribution < -0.4 is 5.32 Å². The molecule has 8 nitrogen and oxygen atoms in total. The Kier molecular flexibility index (Phi) is 1.68. The molecule has 0 fully saturated rings. The van der Waals surface area contributed by atoms with E-state index in [0.717, 1.165) is 0 Å². The second-order valence-corrected chi connectivity index (χ2v) is 3.36. The van der Waals surface area contributed by atoms with Gasteiger partial charge in [0, 0.05) is 11.5 Å². The lowest BCUT2D eigenvalue weighted by Gasteiger charge is -2.27. The minimum atomic E-state index is -1.07. The van der Waals surface area contributed by atoms with Crippen LogP contribution in [0.15, 0.2) is 0 Å². The van der Waals surface area contributed by atoms with E-state index < -0.39 is 16.6 Å². The van der Waals surface area contributed by atoms with Gasteiger partial charge in [0.2, 0.25) is 0 Å². The SMILES string of the molecule is CC1(O)CCn2nc([N+](=O)[O-])nc2N1. The fourth-order valence-corrected chi connectivity index (χ4v) is 1.28. The Labute approximate surface area is 78.7 Å². The van der Waals surface area contributed by atoms with E-state index in [1.807, 2.05) is 0 Å². The highest BCUT2D eigenvalue weighted by molar-refractivity contribution is 5.33. The van der Waals surface area contributed by atoms with E-state index in [9.17, 15) is 15.2 Å². The standard InChI is InChI=1S/C6H9N5O3/c1-6(12)2-3-10-4(8-6)7-5(9-10)11(13)14/h12H,2-3H2,1H3,(H,7,8,9). The maximum Gasteiger partial charge on any atom is 0.493 e. The Hall–Kier alpha value is -1.70. The molecule has 0 bridgehead atoms. The van der Waals surface area contributed by atoms with E-state index in [0.29, 0.717) is 13.0 Å². The number of aromatic nitrogens is 3. The number of nitrogens with zero attached hydrogens (tertiary/aromatic N) is 4. The van der Waals surface area contributed by atoms with Crippen LogP contribution in [-0.4, -0.2) is 30.5 Å². The second kappa shape index (κ2) is 2.64. The molecule has 8 heteroatoms. The van der Waals surface area contributed by atoms with Gasteiger partial charge in [-0.05, 0) is 16.8 Å². The average Bonchev–Trinajstić information content (AvgIpc) is 2.45. The summed E-state index contributed by atoms with van der Waals surface area (Å²) in [5.41, 5.74) is -1.07. The lowest BCUT2D eigenvalue weighted by molar-refractivity contribution is -0.394. The first-order chi connectivity index (χ1) is 6.48. The average molecular weight is 199 g/mol. The third-order valence-electron chi connectivity index (χ3n) is 2.02. The van der Waals surface area contributed by atoms with E-state index in [-0.39, 0.29) is 5.95 Å². The molecular weight excluding hydrogens is 190 g/mol. The van der Waals surface area contributed by atoms with Gasteiger partial charge in [-0.1, -0.05) is 0 Å². The molecule has 1 aliphatic rings. The van der Waals surface area contributed by atoms with Crippen molar-refractivity contribution in [3.05, 3.63) is 10.1 Å². The molecule has 1 aromatic heterocycles. The Morgan fingerprint density at radius 1 is 1.79 bits per heavy atom. The molecule has 0 saturated heterocycles. The van der Waals surface area contributed by atoms with Gasteiger partial charge in [0.05, 0.1) is 6.54 Å². The van der Waals surface area contributed by atoms with Crippen LogP contribution in [0.1, 0.15) is 13.3 Å². The maximum absolute atomic E-state index is 10.4. The van der Waals surface area contributed by atoms with Crippen molar-refractivity contribution in [1.29, 1.82) is 0 Å². The number of anilines is 1. The molecule has 76 valence electrons. The molecule has 0 aromatic carbocycles. The summed E-state index contributed by atoms with van der Waals surface area (Å²) in [6.07, 6.45) is 0.431. The van der Waals surface area contributed by atoms with Crippen molar-refractivity contribution in [2.75, 3.05) is 5.32 Å². The van der Waals surface area contributed by atoms with Crippen LogP contribution in [0.5, 0.6) is 0 Å². The number of nitrogens with one attached hydrogen (secondary N) is 1. The predicted molar refractivity (Wildman–Crippen MR) is 45.5 cm³/mol. The molecule has 1 aromatic rings. The van der Waals surface area contributed by atoms with Crippen molar-refractivity contribution >= 4 is 11.9 Å². The van der Waals surface area contributed by atoms with Crippen LogP contribution in [0, 0.1) is 10.1 Å². The monoisotopic (exact) mass is 199 g/mol. The van der Waals surface area contributed by atoms with E-state index in [1.54, 1.807) is 6.92 Å². The number of aliphatic hydroxyl groups is 1. The summed E-state index contributed by atoms with van der Waals surface area (Å²) in [6, 6.07) is 0. The molecule has 0 spiro atoms. The molecule has 0 amide bonds. The maximum atomic E-state index is 10.4. The van der Waals surface area contributed by atoms with Gasteiger partial charge in [-0.3, -0.25) is 0 Å². The molecule has 1 unspecified atom stereocenters. The highest BCUT2D eigenvalue weighted by Crippen LogP contribution is 2.23. The molecule has 0 aliphatic carbocycles. The Bertz CT molecular complexity index is 385. The highest BCUT2D eigenvalue weighted by Gasteiger charge is 2.33. The summed E-state index contributed by atoms with van der Waals surface area (Å²) >= 11 is 0. The Morgan fingerprint density at radius 3 is 3.14 bits per heavy atom. The third-order valence-corrected chi connectivity index (χ3v) is 2.02. The number of hydrogen-bond donors (Lipinski definition) is 2. The summed E-state index contributed by atoms with van der Waals surface area (Å²) < 4.78 is 1.37. The van der Waals surface area contributed by atoms with Crippen molar-refractivity contribution in [1.82, 2.24) is 14.8 Å². The van der Waals surface area contributed by atoms with Crippen LogP contribution in [0.2, 0.25) is 0 Å². The van der Waals surface area contributed by atoms with Gasteiger partial charge in [0.25, 0.3) is 0 Å². The largest absolute Gasteiger partial charge is 0.493 e. The van der Waals surface area contributed by atoms with Crippen LogP contribution in [0.25, 0.3) is 0 Å². The fraction of sp³-hybridized carbons (Fsp3) is 0.667. The molecule has 1 atom stereocenters. The zero-order valence-electron chi connectivity index (χ0n) is 7.47. The first-order valence-electron chi connectivity index (χ1n) is 4.08. The smallest absolute Gasteiger partial charge is 0.390 e. The van der Waals surface area contributed by atoms with Gasteiger partial charge in [-0.2, -0.15) is 4.68 Å². The minimum absolute atomic E-state index is 0.230. The van der Waals surface area contributed by atoms with Crippen LogP contribution >= 0.6 is 0 Å². The van der Waals surface area contributed by atoms with Gasteiger partial charge >= 0.3 is 11.9 Å². The zero-order chi connectivity index (χ0) is 10.3. The minimum Gasteiger partial charge on any atom is -0.390 e. The summed E-state index contributed by atoms with van der Waals surface area (Å²) in [6.45, 7) is 1.99. The summed E-state index contributed by atoms with van der Waals surface area (Å²) in [5, 5.41) is 26.3. The Balaban J connectivity index is 2.34. The lowest BCUT2D eigenvalue weighted by Crippen LogP contribution is -2.40. The van der Waals surface area contributed by atoms with E-state index in [4.69, 9.17) is 0 Å². The zero-order valence-corrected chi connectivity index (χ0v) is 7.47. The molecule has 0 radical (unpaired) electrons. The van der Waals surface area contributed by atoms with Crippen molar-refractivity contribution < 1.29 is 10.0 Å². The van der Waals surface area contributed by atoms with Crippen LogP contribution in [0.4, 0.5) is 11.9 Å². The topological polar surface area (TPSA) is 106 Å². The molecule has 2 N–H and O–H groups in total. The van der Waals surface area contributed by atoms with Crippen molar-refractivity contribution in [2.24, 2.45) is 0 Å². The third kappa shape index (κ3) is 1.39. The van der Waals surface area contributed by atoms with Crippen molar-refractivity contribution in [3.63, 3.8) is 0 Å². The summed E-state index contributed by atoms with van der Waals surface area (Å²) in [7, 11) is 0. The molecule has 2 rings (SSSR count). The lowest BCUT2D eigenvalue weighted by atomic mass is 10.1. The van der Waals surface area contributed by atoms with Gasteiger partial charge in [0.15, 0.2) is 0 Å². The van der Waals surface area contributed by atoms with E-state index >= 15 is 0 Å². The van der Waals surface area contributed by atoms with Crippen molar-refractivity contribution in [3.8, 4) is 0 Å². The van der Waals surface area contributed by atoms with E-state index in [2.05, 4.69) is 15.4 Å². The van der Waals surface area contributed by atoms with Gasteiger partial charge in [-0.25, -0.2) is 0 Å². The first-order valence-corrected chi connectivity index (χ1v) is 4.08. The quantitative estimate of drug-likeness (QED) is 0.475. The fourth-order valence-electron chi connectivity index (χ4n) is 1.28.